The summed E-state index contributed by atoms with van der Waals surface area (Å²) in [4.78, 5) is 22.7. The minimum absolute atomic E-state index is 0.226. The van der Waals surface area contributed by atoms with E-state index in [0.29, 0.717) is 17.1 Å². The fourth-order valence-electron chi connectivity index (χ4n) is 1.88. The van der Waals surface area contributed by atoms with Crippen molar-refractivity contribution in [2.45, 2.75) is 11.8 Å². The maximum Gasteiger partial charge on any atom is 0.323 e. The molecule has 2 rings (SSSR count). The molecule has 3 amide bonds. The summed E-state index contributed by atoms with van der Waals surface area (Å²) in [5.74, 6) is -0.226. The van der Waals surface area contributed by atoms with Gasteiger partial charge in [0.05, 0.1) is 4.90 Å². The topological polar surface area (TPSA) is 125 Å². The lowest BCUT2D eigenvalue weighted by atomic mass is 10.2. The summed E-state index contributed by atoms with van der Waals surface area (Å²) in [6, 6.07) is 11.1. The van der Waals surface area contributed by atoms with Crippen molar-refractivity contribution in [1.82, 2.24) is 0 Å². The van der Waals surface area contributed by atoms with Gasteiger partial charge >= 0.3 is 6.03 Å². The molecule has 9 heteroatoms. The monoisotopic (exact) mass is 349 g/mol. The van der Waals surface area contributed by atoms with Gasteiger partial charge in [-0.1, -0.05) is 6.07 Å². The van der Waals surface area contributed by atoms with Crippen LogP contribution in [0.5, 0.6) is 0 Å². The third kappa shape index (κ3) is 5.07. The van der Waals surface area contributed by atoms with Crippen LogP contribution in [0, 0.1) is 0 Å². The van der Waals surface area contributed by atoms with Crippen molar-refractivity contribution in [1.29, 1.82) is 0 Å². The molecule has 0 spiro atoms. The number of carbonyl (C=O) groups is 2. The first-order valence-corrected chi connectivity index (χ1v) is 8.21. The summed E-state index contributed by atoms with van der Waals surface area (Å²) >= 11 is 0. The van der Waals surface area contributed by atoms with Gasteiger partial charge in [-0.25, -0.2) is 4.79 Å². The van der Waals surface area contributed by atoms with Gasteiger partial charge in [-0.15, -0.1) is 0 Å². The fourth-order valence-corrected chi connectivity index (χ4v) is 2.36. The van der Waals surface area contributed by atoms with Gasteiger partial charge in [0.1, 0.15) is 0 Å². The van der Waals surface area contributed by atoms with Crippen LogP contribution in [0.3, 0.4) is 0 Å². The molecule has 0 aliphatic heterocycles. The predicted octanol–water partition coefficient (Wildman–Crippen LogP) is 2.54. The molecule has 0 bridgehead atoms. The van der Waals surface area contributed by atoms with E-state index in [4.69, 9.17) is 4.55 Å². The second kappa shape index (κ2) is 7.11. The second-order valence-electron chi connectivity index (χ2n) is 4.84. The predicted molar refractivity (Wildman–Crippen MR) is 89.6 cm³/mol. The van der Waals surface area contributed by atoms with Crippen LogP contribution >= 0.6 is 0 Å². The van der Waals surface area contributed by atoms with Gasteiger partial charge in [-0.2, -0.15) is 8.42 Å². The molecule has 0 aromatic heterocycles. The summed E-state index contributed by atoms with van der Waals surface area (Å²) in [7, 11) is -4.27. The number of anilines is 3. The highest BCUT2D eigenvalue weighted by atomic mass is 32.2. The van der Waals surface area contributed by atoms with Crippen LogP contribution in [0.2, 0.25) is 0 Å². The van der Waals surface area contributed by atoms with Gasteiger partial charge in [-0.05, 0) is 42.5 Å². The number of urea groups is 1. The molecule has 4 N–H and O–H groups in total. The Labute approximate surface area is 138 Å². The Balaban J connectivity index is 2.02. The van der Waals surface area contributed by atoms with Crippen LogP contribution in [0.25, 0.3) is 0 Å². The lowest BCUT2D eigenvalue weighted by Crippen LogP contribution is -2.19. The number of amides is 3. The first kappa shape index (κ1) is 17.4. The number of hydrogen-bond donors (Lipinski definition) is 4. The fraction of sp³-hybridized carbons (Fsp3) is 0.0667. The zero-order chi connectivity index (χ0) is 17.7. The lowest BCUT2D eigenvalue weighted by Gasteiger charge is -2.09. The first-order chi connectivity index (χ1) is 11.2. The Hall–Kier alpha value is -2.91. The normalized spacial score (nSPS) is 10.8. The molecular weight excluding hydrogens is 334 g/mol. The maximum absolute atomic E-state index is 11.9. The molecule has 0 atom stereocenters. The zero-order valence-electron chi connectivity index (χ0n) is 12.6. The summed E-state index contributed by atoms with van der Waals surface area (Å²) in [6.45, 7) is 1.38. The lowest BCUT2D eigenvalue weighted by molar-refractivity contribution is -0.114. The van der Waals surface area contributed by atoms with Gasteiger partial charge in [-0.3, -0.25) is 9.35 Å². The molecule has 8 nitrogen and oxygen atoms in total. The van der Waals surface area contributed by atoms with Crippen LogP contribution in [0.4, 0.5) is 21.9 Å². The zero-order valence-corrected chi connectivity index (χ0v) is 13.4. The Bertz CT molecular complexity index is 863. The van der Waals surface area contributed by atoms with E-state index < -0.39 is 16.1 Å². The van der Waals surface area contributed by atoms with Crippen LogP contribution in [0.1, 0.15) is 6.92 Å². The average molecular weight is 349 g/mol. The van der Waals surface area contributed by atoms with E-state index in [-0.39, 0.29) is 10.8 Å². The Morgan fingerprint density at radius 3 is 1.96 bits per heavy atom. The third-order valence-electron chi connectivity index (χ3n) is 2.85. The van der Waals surface area contributed by atoms with Gasteiger partial charge in [0.25, 0.3) is 10.1 Å². The van der Waals surface area contributed by atoms with E-state index in [1.807, 2.05) is 0 Å². The highest BCUT2D eigenvalue weighted by molar-refractivity contribution is 7.85. The van der Waals surface area contributed by atoms with Crippen molar-refractivity contribution in [3.05, 3.63) is 48.5 Å². The van der Waals surface area contributed by atoms with Crippen LogP contribution < -0.4 is 16.0 Å². The van der Waals surface area contributed by atoms with Crippen molar-refractivity contribution in [2.75, 3.05) is 16.0 Å². The SMILES string of the molecule is CC(=O)Nc1cccc(NC(=O)Nc2ccc(S(=O)(=O)O)cc2)c1. The van der Waals surface area contributed by atoms with Gasteiger partial charge in [0.15, 0.2) is 0 Å². The van der Waals surface area contributed by atoms with Crippen LogP contribution in [-0.4, -0.2) is 24.9 Å². The minimum atomic E-state index is -4.27. The number of hydrogen-bond acceptors (Lipinski definition) is 4. The maximum atomic E-state index is 11.9. The van der Waals surface area contributed by atoms with E-state index in [2.05, 4.69) is 16.0 Å². The Morgan fingerprint density at radius 1 is 0.875 bits per heavy atom. The molecule has 0 saturated heterocycles. The van der Waals surface area contributed by atoms with Gasteiger partial charge in [0.2, 0.25) is 5.91 Å². The highest BCUT2D eigenvalue weighted by Gasteiger charge is 2.09. The summed E-state index contributed by atoms with van der Waals surface area (Å²) in [5.41, 5.74) is 1.35. The first-order valence-electron chi connectivity index (χ1n) is 6.77. The minimum Gasteiger partial charge on any atom is -0.326 e. The molecule has 2 aromatic carbocycles. The molecule has 24 heavy (non-hydrogen) atoms. The van der Waals surface area contributed by atoms with Crippen molar-refractivity contribution in [3.63, 3.8) is 0 Å². The van der Waals surface area contributed by atoms with E-state index in [1.54, 1.807) is 24.3 Å². The quantitative estimate of drug-likeness (QED) is 0.631. The number of rotatable bonds is 4. The van der Waals surface area contributed by atoms with Crippen LogP contribution in [0.15, 0.2) is 53.4 Å². The molecule has 0 aliphatic rings. The smallest absolute Gasteiger partial charge is 0.323 e. The van der Waals surface area contributed by atoms with E-state index in [0.717, 1.165) is 0 Å². The number of nitrogens with one attached hydrogen (secondary N) is 3. The van der Waals surface area contributed by atoms with Gasteiger partial charge < -0.3 is 16.0 Å². The molecule has 0 radical (unpaired) electrons. The summed E-state index contributed by atoms with van der Waals surface area (Å²) < 4.78 is 30.8. The van der Waals surface area contributed by atoms with E-state index in [1.165, 1.54) is 31.2 Å². The van der Waals surface area contributed by atoms with Crippen molar-refractivity contribution < 1.29 is 22.6 Å². The Morgan fingerprint density at radius 2 is 1.42 bits per heavy atom. The standard InChI is InChI=1S/C15H15N3O5S/c1-10(19)16-12-3-2-4-13(9-12)18-15(20)17-11-5-7-14(8-6-11)24(21,22)23/h2-9H,1H3,(H,16,19)(H2,17,18,20)(H,21,22,23). The molecule has 2 aromatic rings. The molecule has 0 unspecified atom stereocenters. The number of carbonyl (C=O) groups excluding carboxylic acids is 2. The van der Waals surface area contributed by atoms with Crippen LogP contribution in [-0.2, 0) is 14.9 Å². The molecule has 0 aliphatic carbocycles. The highest BCUT2D eigenvalue weighted by Crippen LogP contribution is 2.17. The van der Waals surface area contributed by atoms with Gasteiger partial charge in [0, 0.05) is 24.0 Å². The van der Waals surface area contributed by atoms with Crippen molar-refractivity contribution >= 4 is 39.1 Å². The molecule has 0 heterocycles. The summed E-state index contributed by atoms with van der Waals surface area (Å²) in [5, 5.41) is 7.69. The third-order valence-corrected chi connectivity index (χ3v) is 3.72. The Kier molecular flexibility index (Phi) is 5.17. The van der Waals surface area contributed by atoms with Crippen molar-refractivity contribution in [3.8, 4) is 0 Å². The largest absolute Gasteiger partial charge is 0.326 e. The van der Waals surface area contributed by atoms with E-state index >= 15 is 0 Å². The molecular formula is C15H15N3O5S. The average Bonchev–Trinajstić information content (AvgIpc) is 2.46. The van der Waals surface area contributed by atoms with Crippen molar-refractivity contribution in [2.24, 2.45) is 0 Å². The molecule has 126 valence electrons. The van der Waals surface area contributed by atoms with E-state index in [9.17, 15) is 18.0 Å². The second-order valence-corrected chi connectivity index (χ2v) is 6.26. The summed E-state index contributed by atoms with van der Waals surface area (Å²) in [6.07, 6.45) is 0. The molecule has 0 fully saturated rings. The number of benzene rings is 2. The molecule has 0 saturated carbocycles.